The number of carbonyl (C=O) groups excluding carboxylic acids is 3. The highest BCUT2D eigenvalue weighted by atomic mass is 32.1. The lowest BCUT2D eigenvalue weighted by Crippen LogP contribution is -2.59. The summed E-state index contributed by atoms with van der Waals surface area (Å²) in [7, 11) is 0. The summed E-state index contributed by atoms with van der Waals surface area (Å²) in [6.07, 6.45) is 5.59. The van der Waals surface area contributed by atoms with E-state index in [9.17, 15) is 14.4 Å². The third kappa shape index (κ3) is 7.34. The molecule has 0 aliphatic heterocycles. The number of amides is 3. The zero-order valence-electron chi connectivity index (χ0n) is 22.9. The first-order valence-corrected chi connectivity index (χ1v) is 14.5. The standard InChI is InChI=1S/C31H38N4O3S/c1-4-28(36)34-27(18-21-13-6-5-11-20-12-7-8-14-23(20)21)35-29(37)25(33-30(38)31(2,3)32)17-22-19-39-26-16-10-9-15-24(22)26/h7-10,12-16,19,25,27H,4-6,11,17-18,32H2,1-3H3,(H,33,38)(H,34,36)(H,35,37)/t25-,27-/m1/s1. The fraction of sp³-hybridized carbons (Fsp3) is 0.387. The molecule has 3 amide bonds. The van der Waals surface area contributed by atoms with Crippen LogP contribution in [0.15, 0.2) is 60.0 Å². The monoisotopic (exact) mass is 546 g/mol. The van der Waals surface area contributed by atoms with Crippen LogP contribution in [0.25, 0.3) is 15.7 Å². The molecule has 0 saturated heterocycles. The largest absolute Gasteiger partial charge is 0.342 e. The average Bonchev–Trinajstić information content (AvgIpc) is 3.20. The van der Waals surface area contributed by atoms with E-state index in [1.807, 2.05) is 41.8 Å². The van der Waals surface area contributed by atoms with Gasteiger partial charge in [0.05, 0.1) is 5.54 Å². The first-order chi connectivity index (χ1) is 18.7. The van der Waals surface area contributed by atoms with E-state index in [4.69, 9.17) is 5.73 Å². The van der Waals surface area contributed by atoms with Crippen LogP contribution >= 0.6 is 11.3 Å². The number of nitrogens with one attached hydrogen (secondary N) is 3. The first kappa shape index (κ1) is 28.5. The number of hydrogen-bond donors (Lipinski definition) is 4. The lowest BCUT2D eigenvalue weighted by molar-refractivity contribution is -0.132. The van der Waals surface area contributed by atoms with Gasteiger partial charge in [0.15, 0.2) is 0 Å². The highest BCUT2D eigenvalue weighted by molar-refractivity contribution is 7.17. The normalized spacial score (nSPS) is 14.9. The van der Waals surface area contributed by atoms with Gasteiger partial charge >= 0.3 is 0 Å². The minimum Gasteiger partial charge on any atom is -0.342 e. The number of nitrogens with two attached hydrogens (primary N) is 1. The summed E-state index contributed by atoms with van der Waals surface area (Å²) in [4.78, 5) is 39.1. The van der Waals surface area contributed by atoms with E-state index in [1.54, 1.807) is 32.1 Å². The molecule has 0 radical (unpaired) electrons. The number of allylic oxidation sites excluding steroid dienone is 1. The minimum atomic E-state index is -1.15. The van der Waals surface area contributed by atoms with E-state index in [0.717, 1.165) is 46.0 Å². The van der Waals surface area contributed by atoms with Gasteiger partial charge in [-0.05, 0) is 72.2 Å². The Labute approximate surface area is 234 Å². The third-order valence-electron chi connectivity index (χ3n) is 6.99. The van der Waals surface area contributed by atoms with Gasteiger partial charge in [0.25, 0.3) is 0 Å². The van der Waals surface area contributed by atoms with E-state index >= 15 is 0 Å². The molecule has 39 heavy (non-hydrogen) atoms. The van der Waals surface area contributed by atoms with Crippen LogP contribution in [-0.4, -0.2) is 35.5 Å². The van der Waals surface area contributed by atoms with Gasteiger partial charge < -0.3 is 21.7 Å². The summed E-state index contributed by atoms with van der Waals surface area (Å²) in [5.41, 5.74) is 9.39. The number of carbonyl (C=O) groups is 3. The molecule has 1 heterocycles. The second-order valence-corrected chi connectivity index (χ2v) is 11.6. The summed E-state index contributed by atoms with van der Waals surface area (Å²) < 4.78 is 1.11. The number of thiophene rings is 1. The van der Waals surface area contributed by atoms with Crippen molar-refractivity contribution in [3.8, 4) is 0 Å². The van der Waals surface area contributed by atoms with Gasteiger partial charge in [0.1, 0.15) is 12.2 Å². The molecule has 0 spiro atoms. The molecule has 7 nitrogen and oxygen atoms in total. The molecule has 1 aliphatic rings. The smallest absolute Gasteiger partial charge is 0.244 e. The highest BCUT2D eigenvalue weighted by Gasteiger charge is 2.30. The van der Waals surface area contributed by atoms with Crippen molar-refractivity contribution in [3.05, 3.63) is 76.7 Å². The second kappa shape index (κ2) is 12.6. The van der Waals surface area contributed by atoms with Crippen LogP contribution in [0.4, 0.5) is 0 Å². The molecule has 206 valence electrons. The maximum absolute atomic E-state index is 13.8. The zero-order chi connectivity index (χ0) is 28.0. The molecule has 1 aliphatic carbocycles. The van der Waals surface area contributed by atoms with E-state index in [2.05, 4.69) is 34.2 Å². The van der Waals surface area contributed by atoms with Crippen molar-refractivity contribution in [1.29, 1.82) is 0 Å². The number of aryl methyl sites for hydroxylation is 1. The Bertz CT molecular complexity index is 1370. The molecule has 0 unspecified atom stereocenters. The van der Waals surface area contributed by atoms with Crippen molar-refractivity contribution >= 4 is 44.7 Å². The number of rotatable bonds is 10. The van der Waals surface area contributed by atoms with Crippen molar-refractivity contribution in [1.82, 2.24) is 16.0 Å². The van der Waals surface area contributed by atoms with Gasteiger partial charge in [0.2, 0.25) is 17.7 Å². The summed E-state index contributed by atoms with van der Waals surface area (Å²) in [5.74, 6) is -0.946. The molecule has 8 heteroatoms. The summed E-state index contributed by atoms with van der Waals surface area (Å²) in [6.45, 7) is 5.00. The van der Waals surface area contributed by atoms with E-state index in [1.165, 1.54) is 5.56 Å². The Morgan fingerprint density at radius 1 is 1.00 bits per heavy atom. The van der Waals surface area contributed by atoms with E-state index in [0.29, 0.717) is 19.3 Å². The average molecular weight is 547 g/mol. The number of fused-ring (bicyclic) bond motifs is 2. The zero-order valence-corrected chi connectivity index (χ0v) is 23.7. The van der Waals surface area contributed by atoms with Crippen molar-refractivity contribution in [2.24, 2.45) is 5.73 Å². The van der Waals surface area contributed by atoms with Crippen molar-refractivity contribution < 1.29 is 14.4 Å². The van der Waals surface area contributed by atoms with Crippen LogP contribution in [0, 0.1) is 0 Å². The van der Waals surface area contributed by atoms with Crippen LogP contribution in [0.3, 0.4) is 0 Å². The van der Waals surface area contributed by atoms with Crippen LogP contribution < -0.4 is 21.7 Å². The Morgan fingerprint density at radius 3 is 2.51 bits per heavy atom. The molecule has 2 atom stereocenters. The lowest BCUT2D eigenvalue weighted by Gasteiger charge is -2.27. The predicted octanol–water partition coefficient (Wildman–Crippen LogP) is 4.44. The molecule has 2 aromatic carbocycles. The minimum absolute atomic E-state index is 0.157. The van der Waals surface area contributed by atoms with E-state index < -0.39 is 23.7 Å². The molecule has 0 bridgehead atoms. The van der Waals surface area contributed by atoms with Gasteiger partial charge in [-0.2, -0.15) is 0 Å². The predicted molar refractivity (Wildman–Crippen MR) is 158 cm³/mol. The topological polar surface area (TPSA) is 113 Å². The lowest BCUT2D eigenvalue weighted by atomic mass is 9.96. The SMILES string of the molecule is CCC(=O)N[C@@H](CC1=CCCCc2ccccc21)NC(=O)[C@@H](Cc1csc2ccccc12)NC(=O)C(C)(C)N. The molecule has 0 fully saturated rings. The van der Waals surface area contributed by atoms with Crippen LogP contribution in [0.5, 0.6) is 0 Å². The quantitative estimate of drug-likeness (QED) is 0.282. The molecular weight excluding hydrogens is 508 g/mol. The van der Waals surface area contributed by atoms with Crippen molar-refractivity contribution in [2.45, 2.75) is 77.0 Å². The van der Waals surface area contributed by atoms with Crippen LogP contribution in [-0.2, 0) is 27.2 Å². The van der Waals surface area contributed by atoms with Crippen molar-refractivity contribution in [3.63, 3.8) is 0 Å². The van der Waals surface area contributed by atoms with Crippen LogP contribution in [0.1, 0.15) is 63.1 Å². The van der Waals surface area contributed by atoms with Gasteiger partial charge in [-0.25, -0.2) is 0 Å². The van der Waals surface area contributed by atoms with Gasteiger partial charge in [-0.1, -0.05) is 55.5 Å². The Hall–Kier alpha value is -3.49. The summed E-state index contributed by atoms with van der Waals surface area (Å²) >= 11 is 1.60. The maximum atomic E-state index is 13.8. The summed E-state index contributed by atoms with van der Waals surface area (Å²) in [6, 6.07) is 15.4. The van der Waals surface area contributed by atoms with Gasteiger partial charge in [0, 0.05) is 24.0 Å². The second-order valence-electron chi connectivity index (χ2n) is 10.7. The number of hydrogen-bond acceptors (Lipinski definition) is 5. The Morgan fingerprint density at radius 2 is 1.74 bits per heavy atom. The number of benzene rings is 2. The summed E-state index contributed by atoms with van der Waals surface area (Å²) in [5, 5.41) is 11.9. The molecular formula is C31H38N4O3S. The van der Waals surface area contributed by atoms with Crippen molar-refractivity contribution in [2.75, 3.05) is 0 Å². The Balaban J connectivity index is 1.59. The third-order valence-corrected chi connectivity index (χ3v) is 8.01. The highest BCUT2D eigenvalue weighted by Crippen LogP contribution is 2.29. The molecule has 3 aromatic rings. The molecule has 5 N–H and O–H groups in total. The Kier molecular flexibility index (Phi) is 9.20. The molecule has 0 saturated carbocycles. The van der Waals surface area contributed by atoms with Crippen LogP contribution in [0.2, 0.25) is 0 Å². The fourth-order valence-electron chi connectivity index (χ4n) is 4.81. The fourth-order valence-corrected chi connectivity index (χ4v) is 5.79. The first-order valence-electron chi connectivity index (χ1n) is 13.6. The van der Waals surface area contributed by atoms with Gasteiger partial charge in [-0.15, -0.1) is 11.3 Å². The van der Waals surface area contributed by atoms with E-state index in [-0.39, 0.29) is 11.8 Å². The molecule has 4 rings (SSSR count). The van der Waals surface area contributed by atoms with Gasteiger partial charge in [-0.3, -0.25) is 14.4 Å². The maximum Gasteiger partial charge on any atom is 0.244 e. The molecule has 1 aromatic heterocycles.